The van der Waals surface area contributed by atoms with Crippen LogP contribution >= 0.6 is 0 Å². The molecule has 90 valence electrons. The molecule has 17 heavy (non-hydrogen) atoms. The highest BCUT2D eigenvalue weighted by atomic mass is 16.6. The Morgan fingerprint density at radius 2 is 2.12 bits per heavy atom. The summed E-state index contributed by atoms with van der Waals surface area (Å²) in [7, 11) is 0. The Balaban J connectivity index is 2.95. The number of nitrogen functional groups attached to an aromatic ring is 1. The van der Waals surface area contributed by atoms with Gasteiger partial charge in [-0.05, 0) is 13.0 Å². The van der Waals surface area contributed by atoms with Crippen LogP contribution in [0.1, 0.15) is 17.3 Å². The van der Waals surface area contributed by atoms with E-state index < -0.39 is 10.9 Å². The quantitative estimate of drug-likeness (QED) is 0.361. The molecule has 0 spiro atoms. The summed E-state index contributed by atoms with van der Waals surface area (Å²) in [5.74, 6) is -1.19. The number of nitro benzene ring substituents is 1. The van der Waals surface area contributed by atoms with Gasteiger partial charge in [0.2, 0.25) is 0 Å². The number of ether oxygens (including phenoxy) is 1. The molecule has 0 heterocycles. The topological polar surface area (TPSA) is 113 Å². The van der Waals surface area contributed by atoms with E-state index in [9.17, 15) is 19.7 Å². The SMILES string of the molecule is CC(=O)COC(=O)c1cc([N+](=O)[O-])ccc1N. The second-order valence-electron chi connectivity index (χ2n) is 3.31. The summed E-state index contributed by atoms with van der Waals surface area (Å²) in [4.78, 5) is 32.0. The fraction of sp³-hybridized carbons (Fsp3) is 0.200. The van der Waals surface area contributed by atoms with Gasteiger partial charge >= 0.3 is 5.97 Å². The fourth-order valence-electron chi connectivity index (χ4n) is 1.08. The first-order chi connectivity index (χ1) is 7.91. The molecule has 0 aliphatic carbocycles. The fourth-order valence-corrected chi connectivity index (χ4v) is 1.08. The van der Waals surface area contributed by atoms with Gasteiger partial charge in [0.25, 0.3) is 5.69 Å². The van der Waals surface area contributed by atoms with Crippen molar-refractivity contribution in [1.29, 1.82) is 0 Å². The van der Waals surface area contributed by atoms with Gasteiger partial charge in [-0.15, -0.1) is 0 Å². The van der Waals surface area contributed by atoms with E-state index >= 15 is 0 Å². The number of hydrogen-bond donors (Lipinski definition) is 1. The molecule has 0 fully saturated rings. The zero-order chi connectivity index (χ0) is 13.0. The normalized spacial score (nSPS) is 9.71. The number of esters is 1. The molecule has 7 heteroatoms. The average Bonchev–Trinajstić information content (AvgIpc) is 2.26. The Morgan fingerprint density at radius 3 is 2.65 bits per heavy atom. The Bertz CT molecular complexity index is 484. The number of Topliss-reactive ketones (excluding diaryl/α,β-unsaturated/α-hetero) is 1. The van der Waals surface area contributed by atoms with Gasteiger partial charge in [-0.1, -0.05) is 0 Å². The molecule has 1 aromatic rings. The Morgan fingerprint density at radius 1 is 1.47 bits per heavy atom. The molecule has 0 aliphatic rings. The number of hydrogen-bond acceptors (Lipinski definition) is 6. The highest BCUT2D eigenvalue weighted by molar-refractivity contribution is 5.96. The summed E-state index contributed by atoms with van der Waals surface area (Å²) in [6.45, 7) is 0.866. The van der Waals surface area contributed by atoms with Gasteiger partial charge in [0.1, 0.15) is 6.61 Å². The minimum atomic E-state index is -0.860. The summed E-state index contributed by atoms with van der Waals surface area (Å²) in [5, 5.41) is 10.5. The Kier molecular flexibility index (Phi) is 3.76. The van der Waals surface area contributed by atoms with Crippen molar-refractivity contribution in [2.75, 3.05) is 12.3 Å². The number of ketones is 1. The molecule has 1 rings (SSSR count). The van der Waals surface area contributed by atoms with Crippen LogP contribution < -0.4 is 5.73 Å². The molecule has 0 amide bonds. The summed E-state index contributed by atoms with van der Waals surface area (Å²) in [6.07, 6.45) is 0. The van der Waals surface area contributed by atoms with Crippen molar-refractivity contribution < 1.29 is 19.2 Å². The van der Waals surface area contributed by atoms with E-state index in [-0.39, 0.29) is 29.3 Å². The van der Waals surface area contributed by atoms with Gasteiger partial charge in [-0.2, -0.15) is 0 Å². The number of nitro groups is 1. The first-order valence-corrected chi connectivity index (χ1v) is 4.62. The van der Waals surface area contributed by atoms with Crippen molar-refractivity contribution in [1.82, 2.24) is 0 Å². The highest BCUT2D eigenvalue weighted by Gasteiger charge is 2.16. The van der Waals surface area contributed by atoms with Crippen molar-refractivity contribution in [2.24, 2.45) is 0 Å². The number of rotatable bonds is 4. The molecule has 2 N–H and O–H groups in total. The standard InChI is InChI=1S/C10H10N2O5/c1-6(13)5-17-10(14)8-4-7(12(15)16)2-3-9(8)11/h2-4H,5,11H2,1H3. The number of carbonyl (C=O) groups excluding carboxylic acids is 2. The predicted octanol–water partition coefficient (Wildman–Crippen LogP) is 0.923. The number of non-ortho nitro benzene ring substituents is 1. The number of nitrogens with two attached hydrogens (primary N) is 1. The van der Waals surface area contributed by atoms with E-state index in [1.54, 1.807) is 0 Å². The van der Waals surface area contributed by atoms with Crippen LogP contribution in [0.5, 0.6) is 0 Å². The monoisotopic (exact) mass is 238 g/mol. The molecule has 0 saturated heterocycles. The van der Waals surface area contributed by atoms with E-state index in [1.165, 1.54) is 19.1 Å². The highest BCUT2D eigenvalue weighted by Crippen LogP contribution is 2.20. The molecule has 0 radical (unpaired) electrons. The van der Waals surface area contributed by atoms with Crippen molar-refractivity contribution in [3.63, 3.8) is 0 Å². The number of nitrogens with zero attached hydrogens (tertiary/aromatic N) is 1. The Labute approximate surface area is 96.3 Å². The molecular formula is C10H10N2O5. The smallest absolute Gasteiger partial charge is 0.340 e. The lowest BCUT2D eigenvalue weighted by Gasteiger charge is -2.05. The van der Waals surface area contributed by atoms with Gasteiger partial charge in [-0.25, -0.2) is 4.79 Å². The van der Waals surface area contributed by atoms with Crippen LogP contribution in [0.25, 0.3) is 0 Å². The summed E-state index contributed by atoms with van der Waals surface area (Å²) < 4.78 is 4.61. The molecule has 1 aromatic carbocycles. The van der Waals surface area contributed by atoms with Gasteiger partial charge in [-0.3, -0.25) is 14.9 Å². The third-order valence-corrected chi connectivity index (χ3v) is 1.87. The van der Waals surface area contributed by atoms with Crippen molar-refractivity contribution in [3.8, 4) is 0 Å². The molecule has 0 unspecified atom stereocenters. The van der Waals surface area contributed by atoms with Crippen molar-refractivity contribution in [2.45, 2.75) is 6.92 Å². The third-order valence-electron chi connectivity index (χ3n) is 1.87. The Hall–Kier alpha value is -2.44. The van der Waals surface area contributed by atoms with E-state index in [2.05, 4.69) is 4.74 Å². The van der Waals surface area contributed by atoms with E-state index in [0.29, 0.717) is 0 Å². The van der Waals surface area contributed by atoms with Crippen LogP contribution in [0.4, 0.5) is 11.4 Å². The van der Waals surface area contributed by atoms with E-state index in [4.69, 9.17) is 5.73 Å². The van der Waals surface area contributed by atoms with Gasteiger partial charge in [0.05, 0.1) is 10.5 Å². The summed E-state index contributed by atoms with van der Waals surface area (Å²) in [5.41, 5.74) is 5.15. The maximum atomic E-state index is 11.5. The molecule has 0 aromatic heterocycles. The minimum absolute atomic E-state index is 0.0594. The molecular weight excluding hydrogens is 228 g/mol. The van der Waals surface area contributed by atoms with E-state index in [1.807, 2.05) is 0 Å². The number of carbonyl (C=O) groups is 2. The summed E-state index contributed by atoms with van der Waals surface area (Å²) >= 11 is 0. The molecule has 0 aliphatic heterocycles. The second kappa shape index (κ2) is 5.06. The molecule has 0 atom stereocenters. The maximum Gasteiger partial charge on any atom is 0.340 e. The number of benzene rings is 1. The molecule has 0 saturated carbocycles. The van der Waals surface area contributed by atoms with Gasteiger partial charge in [0, 0.05) is 17.8 Å². The zero-order valence-electron chi connectivity index (χ0n) is 9.00. The van der Waals surface area contributed by atoms with Gasteiger partial charge in [0.15, 0.2) is 5.78 Å². The lowest BCUT2D eigenvalue weighted by molar-refractivity contribution is -0.384. The predicted molar refractivity (Wildman–Crippen MR) is 58.5 cm³/mol. The van der Waals surface area contributed by atoms with Crippen LogP contribution in [0.3, 0.4) is 0 Å². The largest absolute Gasteiger partial charge is 0.454 e. The maximum absolute atomic E-state index is 11.5. The van der Waals surface area contributed by atoms with Gasteiger partial charge < -0.3 is 10.5 Å². The zero-order valence-corrected chi connectivity index (χ0v) is 9.00. The van der Waals surface area contributed by atoms with Crippen LogP contribution in [0.2, 0.25) is 0 Å². The summed E-state index contributed by atoms with van der Waals surface area (Å²) in [6, 6.07) is 3.43. The van der Waals surface area contributed by atoms with Crippen LogP contribution in [-0.2, 0) is 9.53 Å². The van der Waals surface area contributed by atoms with Crippen LogP contribution in [0.15, 0.2) is 18.2 Å². The average molecular weight is 238 g/mol. The van der Waals surface area contributed by atoms with Crippen LogP contribution in [0, 0.1) is 10.1 Å². The van der Waals surface area contributed by atoms with Crippen LogP contribution in [-0.4, -0.2) is 23.3 Å². The lowest BCUT2D eigenvalue weighted by Crippen LogP contribution is -2.13. The van der Waals surface area contributed by atoms with Crippen molar-refractivity contribution >= 4 is 23.1 Å². The molecule has 7 nitrogen and oxygen atoms in total. The lowest BCUT2D eigenvalue weighted by atomic mass is 10.1. The van der Waals surface area contributed by atoms with E-state index in [0.717, 1.165) is 6.07 Å². The first kappa shape index (κ1) is 12.6. The van der Waals surface area contributed by atoms with Crippen molar-refractivity contribution in [3.05, 3.63) is 33.9 Å². The second-order valence-corrected chi connectivity index (χ2v) is 3.31. The first-order valence-electron chi connectivity index (χ1n) is 4.62. The number of anilines is 1. The minimum Gasteiger partial charge on any atom is -0.454 e. The third kappa shape index (κ3) is 3.26. The molecule has 0 bridgehead atoms.